The number of likely N-dealkylation sites (tertiary alicyclic amines) is 3. The maximum atomic E-state index is 12.3. The van der Waals surface area contributed by atoms with Gasteiger partial charge in [0.1, 0.15) is 0 Å². The van der Waals surface area contributed by atoms with E-state index in [4.69, 9.17) is 5.26 Å². The molecule has 0 aliphatic carbocycles. The Kier molecular flexibility index (Phi) is 13.8. The SMILES string of the molecule is CC(C)(C)N1CCC(C#N)CC1.CC(C)(C)N1CCC(C(F)(F)F)CC1.CC(C)C1CCN(C(C)(C)C)CC1. The number of rotatable bonds is 1. The Morgan fingerprint density at radius 3 is 1.15 bits per heavy atom. The highest BCUT2D eigenvalue weighted by Crippen LogP contribution is 2.35. The van der Waals surface area contributed by atoms with Crippen molar-refractivity contribution in [3.8, 4) is 6.07 Å². The average molecular weight is 559 g/mol. The molecule has 4 nitrogen and oxygen atoms in total. The third kappa shape index (κ3) is 13.1. The molecular formula is C32H61F3N4. The van der Waals surface area contributed by atoms with Gasteiger partial charge in [0.2, 0.25) is 0 Å². The number of nitriles is 1. The van der Waals surface area contributed by atoms with E-state index in [9.17, 15) is 13.2 Å². The van der Waals surface area contributed by atoms with E-state index in [1.807, 2.05) is 20.8 Å². The Morgan fingerprint density at radius 1 is 0.590 bits per heavy atom. The van der Waals surface area contributed by atoms with Gasteiger partial charge in [0.15, 0.2) is 0 Å². The molecule has 3 rings (SSSR count). The lowest BCUT2D eigenvalue weighted by molar-refractivity contribution is -0.187. The zero-order valence-electron chi connectivity index (χ0n) is 27.2. The third-order valence-electron chi connectivity index (χ3n) is 8.96. The van der Waals surface area contributed by atoms with Crippen molar-refractivity contribution < 1.29 is 13.2 Å². The van der Waals surface area contributed by atoms with E-state index in [0.717, 1.165) is 37.8 Å². The molecule has 0 radical (unpaired) electrons. The summed E-state index contributed by atoms with van der Waals surface area (Å²) in [4.78, 5) is 7.20. The number of hydrogen-bond donors (Lipinski definition) is 0. The molecule has 3 aliphatic rings. The van der Waals surface area contributed by atoms with Gasteiger partial charge in [-0.15, -0.1) is 0 Å². The maximum absolute atomic E-state index is 12.3. The summed E-state index contributed by atoms with van der Waals surface area (Å²) in [5.74, 6) is 1.07. The summed E-state index contributed by atoms with van der Waals surface area (Å²) < 4.78 is 37.0. The Balaban J connectivity index is 0.000000293. The Labute approximate surface area is 239 Å². The normalized spacial score (nSPS) is 22.5. The first-order valence-electron chi connectivity index (χ1n) is 15.4. The number of hydrogen-bond acceptors (Lipinski definition) is 4. The molecule has 0 aromatic heterocycles. The predicted octanol–water partition coefficient (Wildman–Crippen LogP) is 8.23. The molecule has 0 unspecified atom stereocenters. The summed E-state index contributed by atoms with van der Waals surface area (Å²) in [6, 6.07) is 2.35. The molecule has 3 saturated heterocycles. The monoisotopic (exact) mass is 558 g/mol. The van der Waals surface area contributed by atoms with Crippen LogP contribution in [0.5, 0.6) is 0 Å². The molecule has 0 amide bonds. The van der Waals surface area contributed by atoms with E-state index in [2.05, 4.69) is 76.2 Å². The quantitative estimate of drug-likeness (QED) is 0.325. The first-order valence-corrected chi connectivity index (χ1v) is 15.4. The van der Waals surface area contributed by atoms with E-state index >= 15 is 0 Å². The molecule has 230 valence electrons. The Bertz CT molecular complexity index is 691. The van der Waals surface area contributed by atoms with Gasteiger partial charge in [0, 0.05) is 22.5 Å². The van der Waals surface area contributed by atoms with Gasteiger partial charge in [-0.1, -0.05) is 13.8 Å². The van der Waals surface area contributed by atoms with Crippen LogP contribution in [0.2, 0.25) is 0 Å². The number of piperidine rings is 3. The van der Waals surface area contributed by atoms with Crippen molar-refractivity contribution in [2.45, 2.75) is 137 Å². The van der Waals surface area contributed by atoms with Crippen molar-refractivity contribution in [3.63, 3.8) is 0 Å². The Hall–Kier alpha value is -0.840. The zero-order chi connectivity index (χ0) is 30.2. The van der Waals surface area contributed by atoms with Gasteiger partial charge >= 0.3 is 6.18 Å². The molecule has 3 heterocycles. The van der Waals surface area contributed by atoms with Gasteiger partial charge in [-0.3, -0.25) is 14.7 Å². The van der Waals surface area contributed by atoms with Crippen LogP contribution in [0.1, 0.15) is 115 Å². The number of alkyl halides is 3. The lowest BCUT2D eigenvalue weighted by Crippen LogP contribution is -2.48. The van der Waals surface area contributed by atoms with Gasteiger partial charge in [0.25, 0.3) is 0 Å². The summed E-state index contributed by atoms with van der Waals surface area (Å²) in [6.45, 7) is 30.4. The molecule has 3 fully saturated rings. The van der Waals surface area contributed by atoms with E-state index in [-0.39, 0.29) is 23.9 Å². The highest BCUT2D eigenvalue weighted by atomic mass is 19.4. The van der Waals surface area contributed by atoms with Gasteiger partial charge in [-0.05, 0) is 152 Å². The largest absolute Gasteiger partial charge is 0.391 e. The molecule has 0 saturated carbocycles. The molecule has 3 aliphatic heterocycles. The van der Waals surface area contributed by atoms with Crippen LogP contribution >= 0.6 is 0 Å². The van der Waals surface area contributed by atoms with Crippen molar-refractivity contribution in [1.29, 1.82) is 5.26 Å². The minimum atomic E-state index is -4.00. The number of halogens is 3. The van der Waals surface area contributed by atoms with Crippen LogP contribution in [0.4, 0.5) is 13.2 Å². The van der Waals surface area contributed by atoms with Gasteiger partial charge < -0.3 is 0 Å². The van der Waals surface area contributed by atoms with Crippen LogP contribution in [0, 0.1) is 35.0 Å². The van der Waals surface area contributed by atoms with Crippen LogP contribution in [-0.4, -0.2) is 76.8 Å². The lowest BCUT2D eigenvalue weighted by Gasteiger charge is -2.41. The van der Waals surface area contributed by atoms with Gasteiger partial charge in [-0.2, -0.15) is 18.4 Å². The highest BCUT2D eigenvalue weighted by molar-refractivity contribution is 4.90. The van der Waals surface area contributed by atoms with Gasteiger partial charge in [-0.25, -0.2) is 0 Å². The Morgan fingerprint density at radius 2 is 0.897 bits per heavy atom. The van der Waals surface area contributed by atoms with Crippen molar-refractivity contribution in [2.24, 2.45) is 23.7 Å². The molecule has 0 bridgehead atoms. The summed E-state index contributed by atoms with van der Waals surface area (Å²) in [5, 5.41) is 8.71. The third-order valence-corrected chi connectivity index (χ3v) is 8.96. The summed E-state index contributed by atoms with van der Waals surface area (Å²) in [6.07, 6.45) is 1.40. The van der Waals surface area contributed by atoms with E-state index in [1.165, 1.54) is 25.9 Å². The van der Waals surface area contributed by atoms with Crippen LogP contribution < -0.4 is 0 Å². The predicted molar refractivity (Wildman–Crippen MR) is 159 cm³/mol. The van der Waals surface area contributed by atoms with Crippen molar-refractivity contribution in [1.82, 2.24) is 14.7 Å². The summed E-state index contributed by atoms with van der Waals surface area (Å²) in [7, 11) is 0. The topological polar surface area (TPSA) is 33.5 Å². The first kappa shape index (κ1) is 36.2. The molecule has 0 aromatic rings. The molecule has 39 heavy (non-hydrogen) atoms. The minimum Gasteiger partial charge on any atom is -0.298 e. The number of nitrogens with zero attached hydrogens (tertiary/aromatic N) is 4. The fourth-order valence-electron chi connectivity index (χ4n) is 5.79. The fourth-order valence-corrected chi connectivity index (χ4v) is 5.79. The van der Waals surface area contributed by atoms with Crippen LogP contribution in [0.3, 0.4) is 0 Å². The van der Waals surface area contributed by atoms with Crippen LogP contribution in [0.25, 0.3) is 0 Å². The molecule has 0 aromatic carbocycles. The lowest BCUT2D eigenvalue weighted by atomic mass is 9.85. The fraction of sp³-hybridized carbons (Fsp3) is 0.969. The standard InChI is InChI=1S/C12H25N.C10H18F3N.C10H18N2/c1-10(2)11-6-8-13(9-7-11)12(3,4)5;1-9(2,3)14-6-4-8(5-7-14)10(11,12)13;1-10(2,3)12-6-4-9(8-11)5-7-12/h10-11H,6-9H2,1-5H3;8H,4-7H2,1-3H3;9H,4-7H2,1-3H3. The summed E-state index contributed by atoms with van der Waals surface area (Å²) in [5.41, 5.74) is 0.652. The smallest absolute Gasteiger partial charge is 0.298 e. The van der Waals surface area contributed by atoms with Crippen LogP contribution in [-0.2, 0) is 0 Å². The summed E-state index contributed by atoms with van der Waals surface area (Å²) >= 11 is 0. The van der Waals surface area contributed by atoms with E-state index in [1.54, 1.807) is 0 Å². The first-order chi connectivity index (χ1) is 17.7. The van der Waals surface area contributed by atoms with E-state index < -0.39 is 12.1 Å². The second-order valence-electron chi connectivity index (χ2n) is 15.3. The van der Waals surface area contributed by atoms with Crippen molar-refractivity contribution >= 4 is 0 Å². The molecular weight excluding hydrogens is 497 g/mol. The second kappa shape index (κ2) is 14.9. The average Bonchev–Trinajstić information content (AvgIpc) is 2.83. The molecule has 0 spiro atoms. The van der Waals surface area contributed by atoms with Crippen molar-refractivity contribution in [2.75, 3.05) is 39.3 Å². The molecule has 0 N–H and O–H groups in total. The molecule has 0 atom stereocenters. The second-order valence-corrected chi connectivity index (χ2v) is 15.3. The highest BCUT2D eigenvalue weighted by Gasteiger charge is 2.42. The van der Waals surface area contributed by atoms with E-state index in [0.29, 0.717) is 24.5 Å². The minimum absolute atomic E-state index is 0.00340. The van der Waals surface area contributed by atoms with Crippen molar-refractivity contribution in [3.05, 3.63) is 0 Å². The zero-order valence-corrected chi connectivity index (χ0v) is 27.2. The van der Waals surface area contributed by atoms with Crippen LogP contribution in [0.15, 0.2) is 0 Å². The molecule has 7 heteroatoms. The van der Waals surface area contributed by atoms with Gasteiger partial charge in [0.05, 0.1) is 12.0 Å². The maximum Gasteiger partial charge on any atom is 0.391 e.